The Labute approximate surface area is 172 Å². The molecule has 0 radical (unpaired) electrons. The van der Waals surface area contributed by atoms with E-state index in [4.69, 9.17) is 0 Å². The molecule has 3 aliphatic heterocycles. The number of piperidine rings is 3. The minimum atomic E-state index is 0.0842. The Kier molecular flexibility index (Phi) is 5.14. The fourth-order valence-electron chi connectivity index (χ4n) is 6.19. The molecular weight excluding hydrogens is 366 g/mol. The van der Waals surface area contributed by atoms with Crippen LogP contribution >= 0.6 is 0 Å². The van der Waals surface area contributed by atoms with E-state index in [0.29, 0.717) is 24.8 Å². The van der Waals surface area contributed by atoms with Crippen molar-refractivity contribution >= 4 is 17.8 Å². The fourth-order valence-corrected chi connectivity index (χ4v) is 6.19. The Balaban J connectivity index is 1.35. The highest BCUT2D eigenvalue weighted by atomic mass is 16.2. The Morgan fingerprint density at radius 3 is 2.62 bits per heavy atom. The van der Waals surface area contributed by atoms with Crippen molar-refractivity contribution in [1.29, 1.82) is 0 Å². The van der Waals surface area contributed by atoms with Crippen LogP contribution in [0.2, 0.25) is 0 Å². The molecule has 1 aromatic rings. The molecule has 4 aliphatic rings. The Morgan fingerprint density at radius 1 is 1.07 bits per heavy atom. The van der Waals surface area contributed by atoms with E-state index in [1.165, 1.54) is 0 Å². The van der Waals surface area contributed by atoms with Gasteiger partial charge in [0.2, 0.25) is 17.8 Å². The normalized spacial score (nSPS) is 32.2. The second-order valence-electron chi connectivity index (χ2n) is 9.26. The lowest BCUT2D eigenvalue weighted by Crippen LogP contribution is -2.67. The number of amides is 2. The standard InChI is InChI=1S/C22H31N5O2/c28-20-8-3-7-18-16-11-17(14-26(13-16)22-23-9-4-10-24-22)19(27(18)20)12-25-21(29)15-5-1-2-6-15/h4,9-10,15-19H,1-3,5-8,11-14H2,(H,25,29)/t16-,17+,18+,19+/m1/s1. The van der Waals surface area contributed by atoms with Crippen LogP contribution in [0.3, 0.4) is 0 Å². The lowest BCUT2D eigenvalue weighted by atomic mass is 9.72. The van der Waals surface area contributed by atoms with E-state index in [1.54, 1.807) is 12.4 Å². The van der Waals surface area contributed by atoms with Gasteiger partial charge in [-0.3, -0.25) is 9.59 Å². The second-order valence-corrected chi connectivity index (χ2v) is 9.26. The van der Waals surface area contributed by atoms with E-state index >= 15 is 0 Å². The molecule has 1 N–H and O–H groups in total. The number of hydrogen-bond donors (Lipinski definition) is 1. The van der Waals surface area contributed by atoms with Crippen LogP contribution in [-0.2, 0) is 9.59 Å². The third kappa shape index (κ3) is 3.60. The van der Waals surface area contributed by atoms with E-state index in [1.807, 2.05) is 6.07 Å². The predicted octanol–water partition coefficient (Wildman–Crippen LogP) is 1.99. The monoisotopic (exact) mass is 397 g/mol. The number of nitrogens with one attached hydrogen (secondary N) is 1. The second kappa shape index (κ2) is 7.92. The molecule has 7 nitrogen and oxygen atoms in total. The van der Waals surface area contributed by atoms with Crippen molar-refractivity contribution in [2.75, 3.05) is 24.5 Å². The average Bonchev–Trinajstić information content (AvgIpc) is 3.29. The SMILES string of the molecule is O=C(NC[C@H]1[C@H]2C[C@H](CN(c3ncccn3)C2)[C@@H]2CCCC(=O)N21)C1CCCC1. The van der Waals surface area contributed by atoms with Crippen LogP contribution in [0, 0.1) is 17.8 Å². The van der Waals surface area contributed by atoms with Crippen molar-refractivity contribution in [3.63, 3.8) is 0 Å². The number of rotatable bonds is 4. The van der Waals surface area contributed by atoms with E-state index < -0.39 is 0 Å². The Bertz CT molecular complexity index is 751. The van der Waals surface area contributed by atoms with Crippen LogP contribution in [0.15, 0.2) is 18.5 Å². The van der Waals surface area contributed by atoms with E-state index in [2.05, 4.69) is 25.1 Å². The van der Waals surface area contributed by atoms with E-state index in [-0.39, 0.29) is 29.8 Å². The number of carbonyl (C=O) groups excluding carboxylic acids is 2. The van der Waals surface area contributed by atoms with Crippen molar-refractivity contribution in [2.24, 2.45) is 17.8 Å². The number of nitrogens with zero attached hydrogens (tertiary/aromatic N) is 4. The van der Waals surface area contributed by atoms with Gasteiger partial charge in [-0.25, -0.2) is 9.97 Å². The van der Waals surface area contributed by atoms with Gasteiger partial charge in [0.25, 0.3) is 0 Å². The number of hydrogen-bond acceptors (Lipinski definition) is 5. The highest BCUT2D eigenvalue weighted by molar-refractivity contribution is 5.80. The highest BCUT2D eigenvalue weighted by Gasteiger charge is 2.49. The molecule has 156 valence electrons. The van der Waals surface area contributed by atoms with Gasteiger partial charge in [-0.15, -0.1) is 0 Å². The van der Waals surface area contributed by atoms with Gasteiger partial charge in [0.15, 0.2) is 0 Å². The summed E-state index contributed by atoms with van der Waals surface area (Å²) in [6.45, 7) is 2.34. The van der Waals surface area contributed by atoms with Crippen molar-refractivity contribution in [3.05, 3.63) is 18.5 Å². The zero-order valence-electron chi connectivity index (χ0n) is 17.0. The lowest BCUT2D eigenvalue weighted by molar-refractivity contribution is -0.149. The van der Waals surface area contributed by atoms with Gasteiger partial charge in [-0.05, 0) is 50.0 Å². The van der Waals surface area contributed by atoms with E-state index in [9.17, 15) is 9.59 Å². The molecule has 29 heavy (non-hydrogen) atoms. The summed E-state index contributed by atoms with van der Waals surface area (Å²) in [7, 11) is 0. The van der Waals surface area contributed by atoms with E-state index in [0.717, 1.165) is 64.0 Å². The molecule has 0 aromatic carbocycles. The summed E-state index contributed by atoms with van der Waals surface area (Å²) in [5.41, 5.74) is 0. The molecule has 1 aromatic heterocycles. The molecule has 4 fully saturated rings. The van der Waals surface area contributed by atoms with Gasteiger partial charge in [0, 0.05) is 50.4 Å². The third-order valence-corrected chi connectivity index (χ3v) is 7.54. The van der Waals surface area contributed by atoms with Gasteiger partial charge in [0.05, 0.1) is 6.04 Å². The quantitative estimate of drug-likeness (QED) is 0.841. The topological polar surface area (TPSA) is 78.4 Å². The molecule has 0 spiro atoms. The molecule has 7 heteroatoms. The summed E-state index contributed by atoms with van der Waals surface area (Å²) < 4.78 is 0. The molecule has 1 aliphatic carbocycles. The predicted molar refractivity (Wildman–Crippen MR) is 109 cm³/mol. The summed E-state index contributed by atoms with van der Waals surface area (Å²) in [4.78, 5) is 38.9. The zero-order chi connectivity index (χ0) is 19.8. The van der Waals surface area contributed by atoms with Crippen LogP contribution in [-0.4, -0.2) is 58.4 Å². The minimum Gasteiger partial charge on any atom is -0.354 e. The van der Waals surface area contributed by atoms with Crippen molar-refractivity contribution < 1.29 is 9.59 Å². The maximum absolute atomic E-state index is 12.9. The average molecular weight is 398 g/mol. The highest BCUT2D eigenvalue weighted by Crippen LogP contribution is 2.42. The molecule has 2 bridgehead atoms. The van der Waals surface area contributed by atoms with Gasteiger partial charge < -0.3 is 15.1 Å². The summed E-state index contributed by atoms with van der Waals surface area (Å²) in [5.74, 6) is 2.22. The van der Waals surface area contributed by atoms with Crippen LogP contribution < -0.4 is 10.2 Å². The molecule has 4 heterocycles. The largest absolute Gasteiger partial charge is 0.354 e. The first kappa shape index (κ1) is 18.8. The maximum Gasteiger partial charge on any atom is 0.225 e. The van der Waals surface area contributed by atoms with Gasteiger partial charge >= 0.3 is 0 Å². The molecule has 3 saturated heterocycles. The van der Waals surface area contributed by atoms with Gasteiger partial charge in [-0.1, -0.05) is 12.8 Å². The first-order valence-electron chi connectivity index (χ1n) is 11.3. The summed E-state index contributed by atoms with van der Waals surface area (Å²) >= 11 is 0. The van der Waals surface area contributed by atoms with Crippen LogP contribution in [0.1, 0.15) is 51.4 Å². The van der Waals surface area contributed by atoms with Gasteiger partial charge in [0.1, 0.15) is 0 Å². The molecule has 0 unspecified atom stereocenters. The van der Waals surface area contributed by atoms with Crippen LogP contribution in [0.4, 0.5) is 5.95 Å². The number of carbonyl (C=O) groups is 2. The number of fused-ring (bicyclic) bond motifs is 4. The Morgan fingerprint density at radius 2 is 1.83 bits per heavy atom. The van der Waals surface area contributed by atoms with Crippen molar-refractivity contribution in [1.82, 2.24) is 20.2 Å². The number of aromatic nitrogens is 2. The molecule has 4 atom stereocenters. The summed E-state index contributed by atoms with van der Waals surface area (Å²) in [5, 5.41) is 3.22. The van der Waals surface area contributed by atoms with Gasteiger partial charge in [-0.2, -0.15) is 0 Å². The van der Waals surface area contributed by atoms with Crippen molar-refractivity contribution in [2.45, 2.75) is 63.5 Å². The first-order valence-corrected chi connectivity index (χ1v) is 11.3. The minimum absolute atomic E-state index is 0.0842. The number of anilines is 1. The van der Waals surface area contributed by atoms with Crippen LogP contribution in [0.25, 0.3) is 0 Å². The summed E-state index contributed by atoms with van der Waals surface area (Å²) in [6.07, 6.45) is 11.7. The smallest absolute Gasteiger partial charge is 0.225 e. The summed E-state index contributed by atoms with van der Waals surface area (Å²) in [6, 6.07) is 2.21. The first-order chi connectivity index (χ1) is 14.2. The molecule has 1 saturated carbocycles. The molecular formula is C22H31N5O2. The lowest BCUT2D eigenvalue weighted by Gasteiger charge is -2.56. The van der Waals surface area contributed by atoms with Crippen LogP contribution in [0.5, 0.6) is 0 Å². The fraction of sp³-hybridized carbons (Fsp3) is 0.727. The Hall–Kier alpha value is -2.18. The molecule has 2 amide bonds. The van der Waals surface area contributed by atoms with Crippen molar-refractivity contribution in [3.8, 4) is 0 Å². The zero-order valence-corrected chi connectivity index (χ0v) is 17.0. The maximum atomic E-state index is 12.9. The molecule has 5 rings (SSSR count). The third-order valence-electron chi connectivity index (χ3n) is 7.54.